The number of rotatable bonds is 6. The van der Waals surface area contributed by atoms with Gasteiger partial charge in [0.2, 0.25) is 0 Å². The van der Waals surface area contributed by atoms with Gasteiger partial charge in [-0.2, -0.15) is 52.7 Å². The van der Waals surface area contributed by atoms with Crippen LogP contribution in [0.25, 0.3) is 0 Å². The van der Waals surface area contributed by atoms with Crippen molar-refractivity contribution in [1.82, 2.24) is 0 Å². The summed E-state index contributed by atoms with van der Waals surface area (Å²) >= 11 is 8.02. The molecule has 1 nitrogen and oxygen atoms in total. The van der Waals surface area contributed by atoms with E-state index in [-0.39, 0.29) is 0 Å². The number of ether oxygens (including phenoxy) is 1. The molecule has 0 fully saturated rings. The molecule has 0 heterocycles. The van der Waals surface area contributed by atoms with Gasteiger partial charge in [0, 0.05) is 0 Å². The Hall–Kier alpha value is -0.300. The van der Waals surface area contributed by atoms with Crippen LogP contribution in [0.1, 0.15) is 0 Å². The van der Waals surface area contributed by atoms with Gasteiger partial charge in [-0.1, -0.05) is 0 Å². The summed E-state index contributed by atoms with van der Waals surface area (Å²) in [6.45, 7) is -3.35. The summed E-state index contributed by atoms with van der Waals surface area (Å²) in [5.41, 5.74) is 0. The van der Waals surface area contributed by atoms with Crippen molar-refractivity contribution in [2.75, 3.05) is 6.61 Å². The molecule has 15 heteroatoms. The first-order valence-corrected chi connectivity index (χ1v) is 5.25. The highest BCUT2D eigenvalue weighted by atomic mass is 35.5. The van der Waals surface area contributed by atoms with Crippen LogP contribution in [-0.4, -0.2) is 41.2 Å². The summed E-state index contributed by atoms with van der Waals surface area (Å²) < 4.78 is 150. The van der Waals surface area contributed by atoms with Crippen LogP contribution in [0.3, 0.4) is 0 Å². The second-order valence-electron chi connectivity index (χ2n) is 3.65. The van der Waals surface area contributed by atoms with Crippen LogP contribution in [-0.2, 0) is 4.74 Å². The van der Waals surface area contributed by atoms with Gasteiger partial charge in [-0.3, -0.25) is 0 Å². The minimum atomic E-state index is -7.28. The van der Waals surface area contributed by atoms with Gasteiger partial charge >= 0.3 is 34.6 Å². The van der Waals surface area contributed by atoms with E-state index in [4.69, 9.17) is 0 Å². The highest BCUT2D eigenvalue weighted by Crippen LogP contribution is 2.53. The Balaban J connectivity index is 5.41. The van der Waals surface area contributed by atoms with Gasteiger partial charge in [-0.15, -0.1) is 0 Å². The van der Waals surface area contributed by atoms with Crippen LogP contribution in [0, 0.1) is 0 Å². The minimum absolute atomic E-state index is 2.74. The molecule has 0 aromatic rings. The SMILES string of the molecule is FC(F)(F)C(F)(F)C(F)(F)C(F)(F)COC(F)(Cl)C(F)(F)Cl. The Labute approximate surface area is 123 Å². The van der Waals surface area contributed by atoms with Crippen LogP contribution in [0.4, 0.5) is 52.7 Å². The lowest BCUT2D eigenvalue weighted by Gasteiger charge is -2.34. The summed E-state index contributed by atoms with van der Waals surface area (Å²) in [5.74, 6) is -20.9. The third-order valence-electron chi connectivity index (χ3n) is 1.97. The van der Waals surface area contributed by atoms with E-state index < -0.39 is 41.2 Å². The topological polar surface area (TPSA) is 9.23 Å². The number of hydrogen-bond donors (Lipinski definition) is 0. The van der Waals surface area contributed by atoms with Crippen LogP contribution in [0.5, 0.6) is 0 Å². The largest absolute Gasteiger partial charge is 0.460 e. The molecule has 0 aromatic carbocycles. The molecule has 134 valence electrons. The van der Waals surface area contributed by atoms with E-state index in [1.165, 1.54) is 0 Å². The van der Waals surface area contributed by atoms with Crippen molar-refractivity contribution >= 4 is 23.2 Å². The molecule has 1 atom stereocenters. The summed E-state index contributed by atoms with van der Waals surface area (Å²) in [6.07, 6.45) is -7.12. The predicted molar refractivity (Wildman–Crippen MR) is 47.3 cm³/mol. The van der Waals surface area contributed by atoms with E-state index >= 15 is 0 Å². The maximum Gasteiger partial charge on any atom is 0.460 e. The Morgan fingerprint density at radius 3 is 1.27 bits per heavy atom. The van der Waals surface area contributed by atoms with Gasteiger partial charge in [0.25, 0.3) is 0 Å². The summed E-state index contributed by atoms with van der Waals surface area (Å²) in [4.78, 5) is 0. The number of halogens is 14. The molecule has 0 rings (SSSR count). The van der Waals surface area contributed by atoms with Gasteiger partial charge in [0.15, 0.2) is 0 Å². The molecule has 0 N–H and O–H groups in total. The highest BCUT2D eigenvalue weighted by Gasteiger charge is 2.82. The molecule has 0 aliphatic carbocycles. The maximum atomic E-state index is 12.8. The zero-order valence-electron chi connectivity index (χ0n) is 9.41. The Morgan fingerprint density at radius 1 is 0.636 bits per heavy atom. The molecule has 0 saturated carbocycles. The monoisotopic (exact) mass is 400 g/mol. The second-order valence-corrected chi connectivity index (χ2v) is 4.62. The zero-order chi connectivity index (χ0) is 18.4. The predicted octanol–water partition coefficient (Wildman–Crippen LogP) is 5.16. The van der Waals surface area contributed by atoms with Gasteiger partial charge in [0.1, 0.15) is 6.61 Å². The first-order chi connectivity index (χ1) is 9.21. The van der Waals surface area contributed by atoms with E-state index in [0.29, 0.717) is 0 Å². The average Bonchev–Trinajstić information content (AvgIpc) is 2.23. The number of hydrogen-bond acceptors (Lipinski definition) is 1. The highest BCUT2D eigenvalue weighted by molar-refractivity contribution is 6.31. The van der Waals surface area contributed by atoms with Crippen molar-refractivity contribution in [2.24, 2.45) is 0 Å². The van der Waals surface area contributed by atoms with Crippen molar-refractivity contribution in [1.29, 1.82) is 0 Å². The van der Waals surface area contributed by atoms with Crippen LogP contribution >= 0.6 is 23.2 Å². The summed E-state index contributed by atoms with van der Waals surface area (Å²) in [7, 11) is 0. The summed E-state index contributed by atoms with van der Waals surface area (Å²) in [5, 5.41) is -10.4. The molecule has 0 bridgehead atoms. The molecule has 1 unspecified atom stereocenters. The van der Waals surface area contributed by atoms with Crippen molar-refractivity contribution in [3.63, 3.8) is 0 Å². The average molecular weight is 401 g/mol. The minimum Gasteiger partial charge on any atom is -0.321 e. The van der Waals surface area contributed by atoms with E-state index in [1.807, 2.05) is 0 Å². The Kier molecular flexibility index (Phi) is 5.58. The van der Waals surface area contributed by atoms with Crippen molar-refractivity contribution in [2.45, 2.75) is 34.6 Å². The molecule has 0 amide bonds. The second kappa shape index (κ2) is 5.65. The molecule has 0 aliphatic rings. The fraction of sp³-hybridized carbons (Fsp3) is 1.00. The zero-order valence-corrected chi connectivity index (χ0v) is 10.9. The lowest BCUT2D eigenvalue weighted by molar-refractivity contribution is -0.403. The molecule has 0 saturated heterocycles. The van der Waals surface area contributed by atoms with E-state index in [2.05, 4.69) is 27.9 Å². The maximum absolute atomic E-state index is 12.8. The number of alkyl halides is 14. The lowest BCUT2D eigenvalue weighted by atomic mass is 10.0. The van der Waals surface area contributed by atoms with Crippen molar-refractivity contribution in [3.05, 3.63) is 0 Å². The van der Waals surface area contributed by atoms with Crippen molar-refractivity contribution in [3.8, 4) is 0 Å². The normalized spacial score (nSPS) is 18.3. The van der Waals surface area contributed by atoms with Gasteiger partial charge < -0.3 is 4.74 Å². The standard InChI is InChI=1S/C7H2Cl2F12O/c8-5(16,17)6(9,18)22-1-2(10,11)3(12,13)4(14,15)7(19,20)21/h1H2. The van der Waals surface area contributed by atoms with E-state index in [0.717, 1.165) is 0 Å². The summed E-state index contributed by atoms with van der Waals surface area (Å²) in [6, 6.07) is 0. The van der Waals surface area contributed by atoms with Crippen LogP contribution < -0.4 is 0 Å². The molecule has 0 radical (unpaired) electrons. The fourth-order valence-corrected chi connectivity index (χ4v) is 0.871. The molecule has 0 spiro atoms. The van der Waals surface area contributed by atoms with Crippen molar-refractivity contribution < 1.29 is 57.4 Å². The van der Waals surface area contributed by atoms with Gasteiger partial charge in [-0.05, 0) is 23.2 Å². The van der Waals surface area contributed by atoms with Crippen LogP contribution in [0.15, 0.2) is 0 Å². The molecular weight excluding hydrogens is 399 g/mol. The molecule has 0 aliphatic heterocycles. The third-order valence-corrected chi connectivity index (χ3v) is 2.66. The van der Waals surface area contributed by atoms with Gasteiger partial charge in [-0.25, -0.2) is 0 Å². The Bertz CT molecular complexity index is 397. The Morgan fingerprint density at radius 2 is 1.00 bits per heavy atom. The molecule has 22 heavy (non-hydrogen) atoms. The first kappa shape index (κ1) is 21.7. The smallest absolute Gasteiger partial charge is 0.321 e. The van der Waals surface area contributed by atoms with E-state index in [1.54, 1.807) is 0 Å². The van der Waals surface area contributed by atoms with Crippen LogP contribution in [0.2, 0.25) is 0 Å². The molecule has 0 aromatic heterocycles. The quantitative estimate of drug-likeness (QED) is 0.441. The fourth-order valence-electron chi connectivity index (χ4n) is 0.761. The van der Waals surface area contributed by atoms with E-state index in [9.17, 15) is 52.7 Å². The first-order valence-electron chi connectivity index (χ1n) is 4.49. The van der Waals surface area contributed by atoms with Gasteiger partial charge in [0.05, 0.1) is 0 Å². The molecular formula is C7H2Cl2F12O. The third kappa shape index (κ3) is 3.78. The lowest BCUT2D eigenvalue weighted by Crippen LogP contribution is -2.62.